The summed E-state index contributed by atoms with van der Waals surface area (Å²) in [7, 11) is 0. The Morgan fingerprint density at radius 2 is 1.85 bits per heavy atom. The number of halogens is 4. The van der Waals surface area contributed by atoms with Crippen molar-refractivity contribution >= 4 is 44.8 Å². The highest BCUT2D eigenvalue weighted by Gasteiger charge is 2.13. The van der Waals surface area contributed by atoms with E-state index in [0.29, 0.717) is 20.7 Å². The predicted molar refractivity (Wildman–Crippen MR) is 82.5 cm³/mol. The van der Waals surface area contributed by atoms with Gasteiger partial charge in [0.1, 0.15) is 11.9 Å². The lowest BCUT2D eigenvalue weighted by Crippen LogP contribution is -2.08. The predicted octanol–water partition coefficient (Wildman–Crippen LogP) is 5.57. The van der Waals surface area contributed by atoms with Crippen LogP contribution >= 0.6 is 39.1 Å². The van der Waals surface area contributed by atoms with Crippen molar-refractivity contribution in [2.75, 3.05) is 5.32 Å². The summed E-state index contributed by atoms with van der Waals surface area (Å²) in [5, 5.41) is 12.8. The van der Waals surface area contributed by atoms with Crippen molar-refractivity contribution in [1.82, 2.24) is 0 Å². The van der Waals surface area contributed by atoms with Gasteiger partial charge in [-0.05, 0) is 51.8 Å². The van der Waals surface area contributed by atoms with E-state index in [0.717, 1.165) is 0 Å². The van der Waals surface area contributed by atoms with E-state index < -0.39 is 11.9 Å². The molecular formula is C14H8BrCl2FN2. The molecule has 0 spiro atoms. The summed E-state index contributed by atoms with van der Waals surface area (Å²) in [6.45, 7) is 0. The Morgan fingerprint density at radius 1 is 1.15 bits per heavy atom. The van der Waals surface area contributed by atoms with Crippen LogP contribution in [-0.2, 0) is 0 Å². The van der Waals surface area contributed by atoms with Crippen molar-refractivity contribution in [1.29, 1.82) is 5.26 Å². The lowest BCUT2D eigenvalue weighted by molar-refractivity contribution is 0.625. The molecule has 0 aliphatic rings. The normalized spacial score (nSPS) is 11.8. The number of nitriles is 1. The first-order chi connectivity index (χ1) is 9.51. The molecule has 0 fully saturated rings. The SMILES string of the molecule is N#CC(Nc1ccc(Cl)c(Br)c1)c1ccc(Cl)c(F)c1. The number of hydrogen-bond donors (Lipinski definition) is 1. The van der Waals surface area contributed by atoms with Gasteiger partial charge in [0.2, 0.25) is 0 Å². The van der Waals surface area contributed by atoms with Gasteiger partial charge in [-0.3, -0.25) is 0 Å². The molecule has 2 aromatic rings. The third-order valence-electron chi connectivity index (χ3n) is 2.64. The van der Waals surface area contributed by atoms with Crippen molar-refractivity contribution in [3.63, 3.8) is 0 Å². The van der Waals surface area contributed by atoms with Crippen LogP contribution in [0.5, 0.6) is 0 Å². The van der Waals surface area contributed by atoms with E-state index in [2.05, 4.69) is 27.3 Å². The number of hydrogen-bond acceptors (Lipinski definition) is 2. The van der Waals surface area contributed by atoms with E-state index in [1.54, 1.807) is 24.3 Å². The minimum absolute atomic E-state index is 0.0275. The van der Waals surface area contributed by atoms with Gasteiger partial charge in [-0.2, -0.15) is 5.26 Å². The van der Waals surface area contributed by atoms with Crippen LogP contribution in [0.3, 0.4) is 0 Å². The van der Waals surface area contributed by atoms with E-state index in [4.69, 9.17) is 23.2 Å². The number of rotatable bonds is 3. The zero-order chi connectivity index (χ0) is 14.7. The number of anilines is 1. The van der Waals surface area contributed by atoms with E-state index in [1.807, 2.05) is 0 Å². The third-order valence-corrected chi connectivity index (χ3v) is 4.16. The lowest BCUT2D eigenvalue weighted by atomic mass is 10.1. The summed E-state index contributed by atoms with van der Waals surface area (Å²) in [6.07, 6.45) is 0. The fourth-order valence-corrected chi connectivity index (χ4v) is 2.25. The Labute approximate surface area is 134 Å². The Balaban J connectivity index is 2.26. The largest absolute Gasteiger partial charge is 0.366 e. The highest BCUT2D eigenvalue weighted by atomic mass is 79.9. The van der Waals surface area contributed by atoms with Crippen molar-refractivity contribution in [3.05, 3.63) is 62.3 Å². The maximum Gasteiger partial charge on any atom is 0.142 e. The molecule has 2 nitrogen and oxygen atoms in total. The molecule has 0 saturated carbocycles. The molecule has 0 radical (unpaired) electrons. The van der Waals surface area contributed by atoms with Gasteiger partial charge in [0.15, 0.2) is 0 Å². The molecule has 1 unspecified atom stereocenters. The van der Waals surface area contributed by atoms with Crippen LogP contribution in [-0.4, -0.2) is 0 Å². The molecule has 102 valence electrons. The summed E-state index contributed by atoms with van der Waals surface area (Å²) in [4.78, 5) is 0. The molecule has 0 aliphatic carbocycles. The van der Waals surface area contributed by atoms with E-state index in [9.17, 15) is 9.65 Å². The molecular weight excluding hydrogens is 366 g/mol. The second-order valence-electron chi connectivity index (χ2n) is 4.01. The molecule has 2 rings (SSSR count). The van der Waals surface area contributed by atoms with Gasteiger partial charge >= 0.3 is 0 Å². The van der Waals surface area contributed by atoms with Crippen LogP contribution in [0.2, 0.25) is 10.0 Å². The van der Waals surface area contributed by atoms with Crippen LogP contribution in [0.4, 0.5) is 10.1 Å². The fourth-order valence-electron chi connectivity index (χ4n) is 1.63. The van der Waals surface area contributed by atoms with E-state index in [-0.39, 0.29) is 5.02 Å². The van der Waals surface area contributed by atoms with Crippen LogP contribution in [0, 0.1) is 17.1 Å². The second kappa shape index (κ2) is 6.45. The topological polar surface area (TPSA) is 35.8 Å². The zero-order valence-electron chi connectivity index (χ0n) is 10.0. The Bertz CT molecular complexity index is 685. The maximum atomic E-state index is 13.4. The molecule has 1 N–H and O–H groups in total. The molecule has 6 heteroatoms. The highest BCUT2D eigenvalue weighted by Crippen LogP contribution is 2.28. The van der Waals surface area contributed by atoms with Gasteiger partial charge in [0.05, 0.1) is 16.1 Å². The van der Waals surface area contributed by atoms with E-state index in [1.165, 1.54) is 12.1 Å². The van der Waals surface area contributed by atoms with Gasteiger partial charge in [-0.1, -0.05) is 29.3 Å². The van der Waals surface area contributed by atoms with Gasteiger partial charge < -0.3 is 5.32 Å². The smallest absolute Gasteiger partial charge is 0.142 e. The standard InChI is InChI=1S/C14H8BrCl2FN2/c15-10-6-9(2-4-11(10)16)20-14(7-19)8-1-3-12(17)13(18)5-8/h1-6,14,20H. The molecule has 0 saturated heterocycles. The molecule has 2 aromatic carbocycles. The summed E-state index contributed by atoms with van der Waals surface area (Å²) in [5.74, 6) is -0.552. The van der Waals surface area contributed by atoms with Crippen LogP contribution < -0.4 is 5.32 Å². The van der Waals surface area contributed by atoms with Crippen LogP contribution in [0.25, 0.3) is 0 Å². The monoisotopic (exact) mass is 372 g/mol. The van der Waals surface area contributed by atoms with Crippen molar-refractivity contribution in [2.24, 2.45) is 0 Å². The van der Waals surface area contributed by atoms with Gasteiger partial charge in [-0.15, -0.1) is 0 Å². The Kier molecular flexibility index (Phi) is 4.87. The fraction of sp³-hybridized carbons (Fsp3) is 0.0714. The average molecular weight is 374 g/mol. The molecule has 0 amide bonds. The number of nitrogens with zero attached hydrogens (tertiary/aromatic N) is 1. The van der Waals surface area contributed by atoms with Gasteiger partial charge in [-0.25, -0.2) is 4.39 Å². The summed E-state index contributed by atoms with van der Waals surface area (Å²) < 4.78 is 14.1. The van der Waals surface area contributed by atoms with Crippen LogP contribution in [0.1, 0.15) is 11.6 Å². The third kappa shape index (κ3) is 3.43. The first-order valence-electron chi connectivity index (χ1n) is 5.57. The maximum absolute atomic E-state index is 13.4. The number of nitrogens with one attached hydrogen (secondary N) is 1. The van der Waals surface area contributed by atoms with E-state index >= 15 is 0 Å². The van der Waals surface area contributed by atoms with Gasteiger partial charge in [0.25, 0.3) is 0 Å². The molecule has 0 bridgehead atoms. The number of benzene rings is 2. The molecule has 20 heavy (non-hydrogen) atoms. The quantitative estimate of drug-likeness (QED) is 0.763. The zero-order valence-corrected chi connectivity index (χ0v) is 13.1. The minimum atomic E-state index is -0.685. The lowest BCUT2D eigenvalue weighted by Gasteiger charge is -2.14. The average Bonchev–Trinajstić information content (AvgIpc) is 2.43. The van der Waals surface area contributed by atoms with Crippen molar-refractivity contribution < 1.29 is 4.39 Å². The highest BCUT2D eigenvalue weighted by molar-refractivity contribution is 9.10. The van der Waals surface area contributed by atoms with Crippen molar-refractivity contribution in [3.8, 4) is 6.07 Å². The van der Waals surface area contributed by atoms with Crippen molar-refractivity contribution in [2.45, 2.75) is 6.04 Å². The van der Waals surface area contributed by atoms with Crippen LogP contribution in [0.15, 0.2) is 40.9 Å². The first kappa shape index (κ1) is 15.1. The Morgan fingerprint density at radius 3 is 2.45 bits per heavy atom. The molecule has 0 aromatic heterocycles. The first-order valence-corrected chi connectivity index (χ1v) is 7.12. The summed E-state index contributed by atoms with van der Waals surface area (Å²) >= 11 is 14.8. The minimum Gasteiger partial charge on any atom is -0.366 e. The molecule has 1 atom stereocenters. The second-order valence-corrected chi connectivity index (χ2v) is 5.68. The van der Waals surface area contributed by atoms with Gasteiger partial charge in [0, 0.05) is 10.2 Å². The Hall–Kier alpha value is -1.28. The molecule has 0 heterocycles. The summed E-state index contributed by atoms with van der Waals surface area (Å²) in [6, 6.07) is 10.9. The molecule has 0 aliphatic heterocycles. The summed E-state index contributed by atoms with van der Waals surface area (Å²) in [5.41, 5.74) is 1.20.